The fourth-order valence-electron chi connectivity index (χ4n) is 4.11. The first-order chi connectivity index (χ1) is 12.9. The van der Waals surface area contributed by atoms with Crippen molar-refractivity contribution < 1.29 is 4.74 Å². The molecule has 2 aliphatic rings. The molecule has 0 atom stereocenters. The smallest absolute Gasteiger partial charge is 0.143 e. The summed E-state index contributed by atoms with van der Waals surface area (Å²) in [6, 6.07) is 8.44. The predicted octanol–water partition coefficient (Wildman–Crippen LogP) is 3.42. The lowest BCUT2D eigenvalue weighted by atomic mass is 9.96. The Morgan fingerprint density at radius 3 is 2.81 bits per heavy atom. The monoisotopic (exact) mass is 349 g/mol. The van der Waals surface area contributed by atoms with Crippen LogP contribution >= 0.6 is 0 Å². The summed E-state index contributed by atoms with van der Waals surface area (Å²) in [5, 5.41) is 4.75. The second-order valence-corrected chi connectivity index (χ2v) is 6.98. The van der Waals surface area contributed by atoms with Crippen molar-refractivity contribution in [3.8, 4) is 0 Å². The topological polar surface area (TPSA) is 66.1 Å². The second-order valence-electron chi connectivity index (χ2n) is 6.98. The van der Waals surface area contributed by atoms with Crippen molar-refractivity contribution in [1.82, 2.24) is 15.0 Å². The molecule has 134 valence electrons. The summed E-state index contributed by atoms with van der Waals surface area (Å²) in [4.78, 5) is 14.9. The molecular formula is C20H23N5O. The zero-order valence-corrected chi connectivity index (χ0v) is 14.8. The Labute approximate surface area is 152 Å². The van der Waals surface area contributed by atoms with E-state index in [1.54, 1.807) is 6.33 Å². The molecule has 1 saturated heterocycles. The van der Waals surface area contributed by atoms with E-state index >= 15 is 0 Å². The number of hydrogen-bond donors (Lipinski definition) is 2. The van der Waals surface area contributed by atoms with Gasteiger partial charge in [0.25, 0.3) is 0 Å². The summed E-state index contributed by atoms with van der Waals surface area (Å²) in [6.45, 7) is 3.38. The Hall–Kier alpha value is -2.60. The molecule has 6 heteroatoms. The molecule has 1 aliphatic heterocycles. The normalized spacial score (nSPS) is 17.3. The van der Waals surface area contributed by atoms with Gasteiger partial charge in [-0.1, -0.05) is 12.1 Å². The van der Waals surface area contributed by atoms with Gasteiger partial charge in [0.05, 0.1) is 30.0 Å². The highest BCUT2D eigenvalue weighted by Crippen LogP contribution is 2.35. The predicted molar refractivity (Wildman–Crippen MR) is 103 cm³/mol. The number of nitrogens with one attached hydrogen (secondary N) is 2. The Bertz CT molecular complexity index is 929. The molecule has 0 unspecified atom stereocenters. The number of fused-ring (bicyclic) bond motifs is 3. The van der Waals surface area contributed by atoms with Crippen LogP contribution in [-0.4, -0.2) is 41.3 Å². The SMILES string of the molecule is c1ccc(N2CCOCC2)c(Nc2ncnc3[nH]c4c(c23)CCCC4)c1. The summed E-state index contributed by atoms with van der Waals surface area (Å²) in [5.74, 6) is 0.898. The highest BCUT2D eigenvalue weighted by Gasteiger charge is 2.20. The molecule has 0 saturated carbocycles. The van der Waals surface area contributed by atoms with Gasteiger partial charge in [0.1, 0.15) is 17.8 Å². The zero-order chi connectivity index (χ0) is 17.3. The number of H-pyrrole nitrogens is 1. The maximum absolute atomic E-state index is 5.50. The van der Waals surface area contributed by atoms with E-state index in [4.69, 9.17) is 4.74 Å². The van der Waals surface area contributed by atoms with Crippen LogP contribution in [-0.2, 0) is 17.6 Å². The molecule has 26 heavy (non-hydrogen) atoms. The van der Waals surface area contributed by atoms with Gasteiger partial charge >= 0.3 is 0 Å². The second kappa shape index (κ2) is 6.61. The molecule has 5 rings (SSSR count). The van der Waals surface area contributed by atoms with Crippen molar-refractivity contribution in [2.24, 2.45) is 0 Å². The third kappa shape index (κ3) is 2.70. The molecule has 0 bridgehead atoms. The van der Waals surface area contributed by atoms with Crippen molar-refractivity contribution in [2.45, 2.75) is 25.7 Å². The Morgan fingerprint density at radius 1 is 1.04 bits per heavy atom. The highest BCUT2D eigenvalue weighted by atomic mass is 16.5. The van der Waals surface area contributed by atoms with Gasteiger partial charge in [-0.15, -0.1) is 0 Å². The highest BCUT2D eigenvalue weighted by molar-refractivity contribution is 5.94. The van der Waals surface area contributed by atoms with Crippen molar-refractivity contribution in [1.29, 1.82) is 0 Å². The fraction of sp³-hybridized carbons (Fsp3) is 0.400. The quantitative estimate of drug-likeness (QED) is 0.758. The first-order valence-electron chi connectivity index (χ1n) is 9.43. The lowest BCUT2D eigenvalue weighted by molar-refractivity contribution is 0.123. The van der Waals surface area contributed by atoms with E-state index in [9.17, 15) is 0 Å². The molecular weight excluding hydrogens is 326 g/mol. The minimum absolute atomic E-state index is 0.775. The molecule has 3 aromatic rings. The first-order valence-corrected chi connectivity index (χ1v) is 9.43. The van der Waals surface area contributed by atoms with Gasteiger partial charge in [0.15, 0.2) is 0 Å². The summed E-state index contributed by atoms with van der Waals surface area (Å²) in [7, 11) is 0. The number of rotatable bonds is 3. The summed E-state index contributed by atoms with van der Waals surface area (Å²) in [5.41, 5.74) is 5.94. The van der Waals surface area contributed by atoms with E-state index in [1.165, 1.54) is 29.8 Å². The van der Waals surface area contributed by atoms with E-state index in [-0.39, 0.29) is 0 Å². The van der Waals surface area contributed by atoms with Crippen LogP contribution in [0.3, 0.4) is 0 Å². The minimum atomic E-state index is 0.775. The number of aromatic nitrogens is 3. The van der Waals surface area contributed by atoms with Crippen molar-refractivity contribution >= 4 is 28.2 Å². The number of nitrogens with zero attached hydrogens (tertiary/aromatic N) is 3. The third-order valence-electron chi connectivity index (χ3n) is 5.40. The van der Waals surface area contributed by atoms with Gasteiger partial charge in [-0.2, -0.15) is 0 Å². The minimum Gasteiger partial charge on any atom is -0.378 e. The largest absolute Gasteiger partial charge is 0.378 e. The number of aryl methyl sites for hydroxylation is 2. The number of hydrogen-bond acceptors (Lipinski definition) is 5. The molecule has 0 spiro atoms. The van der Waals surface area contributed by atoms with Crippen LogP contribution in [0.15, 0.2) is 30.6 Å². The molecule has 0 amide bonds. The molecule has 1 fully saturated rings. The number of aromatic amines is 1. The molecule has 1 aromatic carbocycles. The lowest BCUT2D eigenvalue weighted by Gasteiger charge is -2.30. The molecule has 6 nitrogen and oxygen atoms in total. The number of morpholine rings is 1. The van der Waals surface area contributed by atoms with Crippen LogP contribution in [0.2, 0.25) is 0 Å². The molecule has 2 N–H and O–H groups in total. The standard InChI is InChI=1S/C20H23N5O/c1-2-6-15-14(5-1)18-19(23-15)21-13-22-20(18)24-16-7-3-4-8-17(16)25-9-11-26-12-10-25/h3-4,7-8,13H,1-2,5-6,9-12H2,(H2,21,22,23,24). The Balaban J connectivity index is 1.55. The number of anilines is 3. The third-order valence-corrected chi connectivity index (χ3v) is 5.40. The van der Waals surface area contributed by atoms with Crippen LogP contribution in [0.1, 0.15) is 24.1 Å². The van der Waals surface area contributed by atoms with E-state index in [2.05, 4.69) is 49.4 Å². The molecule has 2 aromatic heterocycles. The Kier molecular flexibility index (Phi) is 3.97. The maximum Gasteiger partial charge on any atom is 0.143 e. The number of benzene rings is 1. The van der Waals surface area contributed by atoms with Crippen LogP contribution in [0.25, 0.3) is 11.0 Å². The average Bonchev–Trinajstić information content (AvgIpc) is 3.09. The van der Waals surface area contributed by atoms with Gasteiger partial charge in [-0.25, -0.2) is 9.97 Å². The van der Waals surface area contributed by atoms with Crippen LogP contribution in [0, 0.1) is 0 Å². The number of ether oxygens (including phenoxy) is 1. The van der Waals surface area contributed by atoms with Crippen molar-refractivity contribution in [2.75, 3.05) is 36.5 Å². The van der Waals surface area contributed by atoms with E-state index < -0.39 is 0 Å². The van der Waals surface area contributed by atoms with Gasteiger partial charge in [-0.05, 0) is 43.4 Å². The summed E-state index contributed by atoms with van der Waals surface area (Å²) in [6.07, 6.45) is 6.33. The Morgan fingerprint density at radius 2 is 1.88 bits per heavy atom. The van der Waals surface area contributed by atoms with E-state index in [0.717, 1.165) is 61.7 Å². The van der Waals surface area contributed by atoms with Crippen LogP contribution < -0.4 is 10.2 Å². The fourth-order valence-corrected chi connectivity index (χ4v) is 4.11. The van der Waals surface area contributed by atoms with Gasteiger partial charge in [-0.3, -0.25) is 0 Å². The zero-order valence-electron chi connectivity index (χ0n) is 14.8. The van der Waals surface area contributed by atoms with E-state index in [0.29, 0.717) is 0 Å². The summed E-state index contributed by atoms with van der Waals surface area (Å²) >= 11 is 0. The first kappa shape index (κ1) is 15.6. The maximum atomic E-state index is 5.50. The van der Waals surface area contributed by atoms with Crippen molar-refractivity contribution in [3.05, 3.63) is 41.9 Å². The molecule has 1 aliphatic carbocycles. The average molecular weight is 349 g/mol. The lowest BCUT2D eigenvalue weighted by Crippen LogP contribution is -2.36. The number of para-hydroxylation sites is 2. The van der Waals surface area contributed by atoms with Crippen LogP contribution in [0.5, 0.6) is 0 Å². The van der Waals surface area contributed by atoms with Crippen molar-refractivity contribution in [3.63, 3.8) is 0 Å². The van der Waals surface area contributed by atoms with Gasteiger partial charge < -0.3 is 19.9 Å². The van der Waals surface area contributed by atoms with E-state index in [1.807, 2.05) is 0 Å². The van der Waals surface area contributed by atoms with Gasteiger partial charge in [0, 0.05) is 18.8 Å². The van der Waals surface area contributed by atoms with Crippen LogP contribution in [0.4, 0.5) is 17.2 Å². The van der Waals surface area contributed by atoms with Gasteiger partial charge in [0.2, 0.25) is 0 Å². The summed E-state index contributed by atoms with van der Waals surface area (Å²) < 4.78 is 5.50. The molecule has 3 heterocycles. The molecule has 0 radical (unpaired) electrons.